The molecule has 128 valence electrons. The maximum atomic E-state index is 12.7. The summed E-state index contributed by atoms with van der Waals surface area (Å²) in [4.78, 5) is 12.7. The molecular weight excluding hydrogens is 334 g/mol. The Labute approximate surface area is 150 Å². The van der Waals surface area contributed by atoms with Crippen LogP contribution in [0.1, 0.15) is 24.8 Å². The van der Waals surface area contributed by atoms with Gasteiger partial charge in [-0.05, 0) is 46.9 Å². The highest BCUT2D eigenvalue weighted by Gasteiger charge is 2.18. The van der Waals surface area contributed by atoms with Gasteiger partial charge in [-0.15, -0.1) is 5.10 Å². The van der Waals surface area contributed by atoms with Crippen molar-refractivity contribution in [1.82, 2.24) is 20.2 Å². The summed E-state index contributed by atoms with van der Waals surface area (Å²) in [5.74, 6) is -0.202. The number of nitrogens with one attached hydrogen (secondary N) is 1. The number of anilines is 1. The summed E-state index contributed by atoms with van der Waals surface area (Å²) in [5.41, 5.74) is 2.54. The molecule has 0 fully saturated rings. The largest absolute Gasteiger partial charge is 0.325 e. The van der Waals surface area contributed by atoms with Crippen LogP contribution in [-0.2, 0) is 4.79 Å². The Morgan fingerprint density at radius 3 is 2.72 bits per heavy atom. The maximum Gasteiger partial charge on any atom is 0.231 e. The van der Waals surface area contributed by atoms with Crippen molar-refractivity contribution in [1.29, 1.82) is 0 Å². The van der Waals surface area contributed by atoms with Crippen molar-refractivity contribution in [3.63, 3.8) is 0 Å². The monoisotopic (exact) mass is 353 g/mol. The van der Waals surface area contributed by atoms with Crippen molar-refractivity contribution in [2.45, 2.75) is 24.4 Å². The minimum absolute atomic E-state index is 0.0207. The van der Waals surface area contributed by atoms with Gasteiger partial charge in [0, 0.05) is 5.69 Å². The summed E-state index contributed by atoms with van der Waals surface area (Å²) >= 11 is 1.46. The molecule has 7 heteroatoms. The Kier molecular flexibility index (Phi) is 5.45. The van der Waals surface area contributed by atoms with E-state index in [1.165, 1.54) is 11.8 Å². The predicted octanol–water partition coefficient (Wildman–Crippen LogP) is 3.52. The molecule has 0 bridgehead atoms. The van der Waals surface area contributed by atoms with Crippen molar-refractivity contribution in [2.75, 3.05) is 11.6 Å². The summed E-state index contributed by atoms with van der Waals surface area (Å²) in [7, 11) is 0. The number of nitrogens with zero attached hydrogens (tertiary/aromatic N) is 4. The predicted molar refractivity (Wildman–Crippen MR) is 99.0 cm³/mol. The van der Waals surface area contributed by atoms with Gasteiger partial charge in [0.2, 0.25) is 11.1 Å². The van der Waals surface area contributed by atoms with Crippen LogP contribution in [0.5, 0.6) is 0 Å². The number of tetrazole rings is 1. The Bertz CT molecular complexity index is 849. The minimum atomic E-state index is -0.181. The molecule has 0 saturated heterocycles. The van der Waals surface area contributed by atoms with E-state index < -0.39 is 0 Å². The van der Waals surface area contributed by atoms with Crippen LogP contribution in [0.3, 0.4) is 0 Å². The van der Waals surface area contributed by atoms with Gasteiger partial charge in [-0.3, -0.25) is 4.79 Å². The highest BCUT2D eigenvalue weighted by molar-refractivity contribution is 7.98. The summed E-state index contributed by atoms with van der Waals surface area (Å²) in [6.07, 6.45) is 2.65. The van der Waals surface area contributed by atoms with E-state index in [0.717, 1.165) is 23.4 Å². The lowest BCUT2D eigenvalue weighted by Gasteiger charge is -2.16. The number of benzene rings is 2. The summed E-state index contributed by atoms with van der Waals surface area (Å²) < 4.78 is 1.65. The van der Waals surface area contributed by atoms with E-state index in [4.69, 9.17) is 0 Å². The van der Waals surface area contributed by atoms with Crippen LogP contribution in [0.2, 0.25) is 0 Å². The second-order valence-corrected chi connectivity index (χ2v) is 6.26. The SMILES string of the molecule is CCC(C(=O)Nc1cccc(-n2nnnc2SC)c1)c1ccccc1. The molecule has 3 aromatic rings. The molecular formula is C18H19N5OS. The van der Waals surface area contributed by atoms with Crippen LogP contribution in [0, 0.1) is 0 Å². The second-order valence-electron chi connectivity index (χ2n) is 5.49. The van der Waals surface area contributed by atoms with Crippen molar-refractivity contribution in [2.24, 2.45) is 0 Å². The molecule has 1 amide bonds. The van der Waals surface area contributed by atoms with Gasteiger partial charge < -0.3 is 5.32 Å². The van der Waals surface area contributed by atoms with Crippen LogP contribution < -0.4 is 5.32 Å². The van der Waals surface area contributed by atoms with Crippen molar-refractivity contribution < 1.29 is 4.79 Å². The number of thioether (sulfide) groups is 1. The van der Waals surface area contributed by atoms with Gasteiger partial charge in [0.05, 0.1) is 11.6 Å². The number of amides is 1. The topological polar surface area (TPSA) is 72.7 Å². The number of hydrogen-bond acceptors (Lipinski definition) is 5. The third-order valence-corrected chi connectivity index (χ3v) is 4.53. The van der Waals surface area contributed by atoms with E-state index in [-0.39, 0.29) is 11.8 Å². The smallest absolute Gasteiger partial charge is 0.231 e. The Hall–Kier alpha value is -2.67. The molecule has 1 N–H and O–H groups in total. The molecule has 0 aliphatic carbocycles. The molecule has 6 nitrogen and oxygen atoms in total. The van der Waals surface area contributed by atoms with Crippen LogP contribution >= 0.6 is 11.8 Å². The van der Waals surface area contributed by atoms with Gasteiger partial charge in [0.1, 0.15) is 0 Å². The van der Waals surface area contributed by atoms with E-state index >= 15 is 0 Å². The van der Waals surface area contributed by atoms with Crippen LogP contribution in [-0.4, -0.2) is 32.4 Å². The number of aromatic nitrogens is 4. The van der Waals surface area contributed by atoms with Gasteiger partial charge >= 0.3 is 0 Å². The van der Waals surface area contributed by atoms with Gasteiger partial charge in [0.15, 0.2) is 0 Å². The van der Waals surface area contributed by atoms with Gasteiger partial charge in [-0.2, -0.15) is 4.68 Å². The van der Waals surface area contributed by atoms with Gasteiger partial charge in [-0.25, -0.2) is 0 Å². The van der Waals surface area contributed by atoms with Crippen molar-refractivity contribution in [3.8, 4) is 5.69 Å². The molecule has 3 rings (SSSR count). The number of carbonyl (C=O) groups excluding carboxylic acids is 1. The lowest BCUT2D eigenvalue weighted by atomic mass is 9.95. The molecule has 1 atom stereocenters. The fourth-order valence-electron chi connectivity index (χ4n) is 2.67. The summed E-state index contributed by atoms with van der Waals surface area (Å²) in [6, 6.07) is 17.3. The standard InChI is InChI=1S/C18H19N5OS/c1-3-16(13-8-5-4-6-9-13)17(24)19-14-10-7-11-15(12-14)23-18(25-2)20-21-22-23/h4-12,16H,3H2,1-2H3,(H,19,24). The van der Waals surface area contributed by atoms with Crippen molar-refractivity contribution in [3.05, 3.63) is 60.2 Å². The third-order valence-electron chi connectivity index (χ3n) is 3.91. The molecule has 0 aliphatic rings. The normalized spacial score (nSPS) is 11.9. The second kappa shape index (κ2) is 7.94. The fourth-order valence-corrected chi connectivity index (χ4v) is 3.10. The average Bonchev–Trinajstić information content (AvgIpc) is 3.12. The zero-order valence-corrected chi connectivity index (χ0v) is 14.9. The zero-order chi connectivity index (χ0) is 17.6. The molecule has 1 heterocycles. The van der Waals surface area contributed by atoms with Gasteiger partial charge in [-0.1, -0.05) is 55.1 Å². The lowest BCUT2D eigenvalue weighted by molar-refractivity contribution is -0.117. The van der Waals surface area contributed by atoms with Crippen molar-refractivity contribution >= 4 is 23.4 Å². The molecule has 1 aromatic heterocycles. The average molecular weight is 353 g/mol. The third kappa shape index (κ3) is 3.88. The lowest BCUT2D eigenvalue weighted by Crippen LogP contribution is -2.20. The van der Waals surface area contributed by atoms with E-state index in [0.29, 0.717) is 5.16 Å². The van der Waals surface area contributed by atoms with Crippen LogP contribution in [0.25, 0.3) is 5.69 Å². The first-order valence-corrected chi connectivity index (χ1v) is 9.24. The Balaban J connectivity index is 1.81. The zero-order valence-electron chi connectivity index (χ0n) is 14.1. The van der Waals surface area contributed by atoms with Crippen LogP contribution in [0.4, 0.5) is 5.69 Å². The molecule has 2 aromatic carbocycles. The fraction of sp³-hybridized carbons (Fsp3) is 0.222. The summed E-state index contributed by atoms with van der Waals surface area (Å²) in [5, 5.41) is 15.4. The first-order chi connectivity index (χ1) is 12.2. The molecule has 0 aliphatic heterocycles. The van der Waals surface area contributed by atoms with Gasteiger partial charge in [0.25, 0.3) is 0 Å². The van der Waals surface area contributed by atoms with E-state index in [9.17, 15) is 4.79 Å². The highest BCUT2D eigenvalue weighted by atomic mass is 32.2. The van der Waals surface area contributed by atoms with E-state index in [1.54, 1.807) is 4.68 Å². The molecule has 0 radical (unpaired) electrons. The minimum Gasteiger partial charge on any atom is -0.325 e. The molecule has 1 unspecified atom stereocenters. The highest BCUT2D eigenvalue weighted by Crippen LogP contribution is 2.23. The number of rotatable bonds is 6. The van der Waals surface area contributed by atoms with E-state index in [1.807, 2.05) is 67.8 Å². The quantitative estimate of drug-likeness (QED) is 0.687. The first-order valence-electron chi connectivity index (χ1n) is 8.01. The molecule has 0 saturated carbocycles. The maximum absolute atomic E-state index is 12.7. The Morgan fingerprint density at radius 1 is 1.20 bits per heavy atom. The molecule has 25 heavy (non-hydrogen) atoms. The van der Waals surface area contributed by atoms with E-state index in [2.05, 4.69) is 20.8 Å². The molecule has 0 spiro atoms. The first kappa shape index (κ1) is 17.2. The summed E-state index contributed by atoms with van der Waals surface area (Å²) in [6.45, 7) is 2.01. The number of carbonyl (C=O) groups is 1. The number of hydrogen-bond donors (Lipinski definition) is 1. The van der Waals surface area contributed by atoms with Crippen LogP contribution in [0.15, 0.2) is 59.8 Å². The Morgan fingerprint density at radius 2 is 2.00 bits per heavy atom.